The highest BCUT2D eigenvalue weighted by Crippen LogP contribution is 2.35. The molecule has 0 bridgehead atoms. The largest absolute Gasteiger partial charge is 0.375 e. The molecule has 0 aromatic rings. The summed E-state index contributed by atoms with van der Waals surface area (Å²) in [5, 5.41) is 0. The fraction of sp³-hybridized carbons (Fsp3) is 1.00. The topological polar surface area (TPSA) is 12.0 Å². The Morgan fingerprint density at radius 2 is 1.29 bits per heavy atom. The van der Waals surface area contributed by atoms with E-state index in [4.69, 9.17) is 55.4 Å². The molecule has 1 unspecified atom stereocenters. The van der Waals surface area contributed by atoms with E-state index in [1.54, 1.807) is 0 Å². The standard InChI is InChI=1S/C4H14Cl5NSi4/c1-11(12(2,3)4)10-14(8,9)13(5,6)7/h10-11H,1-4H3. The zero-order valence-electron chi connectivity index (χ0n) is 8.47. The van der Waals surface area contributed by atoms with Crippen molar-refractivity contribution in [3.63, 3.8) is 0 Å². The summed E-state index contributed by atoms with van der Waals surface area (Å²) in [7, 11) is -2.36. The Morgan fingerprint density at radius 3 is 1.50 bits per heavy atom. The van der Waals surface area contributed by atoms with Crippen LogP contribution in [-0.4, -0.2) is 28.0 Å². The third-order valence-electron chi connectivity index (χ3n) is 2.05. The summed E-state index contributed by atoms with van der Waals surface area (Å²) in [6.07, 6.45) is -2.85. The van der Waals surface area contributed by atoms with Gasteiger partial charge < -0.3 is 4.65 Å². The van der Waals surface area contributed by atoms with Crippen molar-refractivity contribution in [2.45, 2.75) is 26.2 Å². The first-order valence-electron chi connectivity index (χ1n) is 4.10. The van der Waals surface area contributed by atoms with E-state index in [9.17, 15) is 0 Å². The minimum atomic E-state index is -2.99. The lowest BCUT2D eigenvalue weighted by Gasteiger charge is -2.32. The molecule has 1 atom stereocenters. The summed E-state index contributed by atoms with van der Waals surface area (Å²) >= 11 is 29.8. The third-order valence-corrected chi connectivity index (χ3v) is 41.0. The van der Waals surface area contributed by atoms with Gasteiger partial charge in [-0.15, -0.1) is 55.4 Å². The van der Waals surface area contributed by atoms with Crippen molar-refractivity contribution in [2.24, 2.45) is 0 Å². The molecule has 0 aromatic carbocycles. The number of hydrogen-bond acceptors (Lipinski definition) is 1. The molecule has 0 aromatic heterocycles. The van der Waals surface area contributed by atoms with Crippen LogP contribution in [0.3, 0.4) is 0 Å². The van der Waals surface area contributed by atoms with Gasteiger partial charge in [0, 0.05) is 0 Å². The van der Waals surface area contributed by atoms with Crippen LogP contribution in [0.1, 0.15) is 0 Å². The van der Waals surface area contributed by atoms with Crippen molar-refractivity contribution >= 4 is 83.4 Å². The third kappa shape index (κ3) is 5.07. The smallest absolute Gasteiger partial charge is 0.339 e. The maximum Gasteiger partial charge on any atom is 0.375 e. The van der Waals surface area contributed by atoms with E-state index >= 15 is 0 Å². The normalized spacial score (nSPS) is 16.9. The Labute approximate surface area is 113 Å². The minimum Gasteiger partial charge on any atom is -0.339 e. The fourth-order valence-corrected chi connectivity index (χ4v) is 24.7. The van der Waals surface area contributed by atoms with Crippen LogP contribution in [0.25, 0.3) is 0 Å². The lowest BCUT2D eigenvalue weighted by atomic mass is 11.8. The van der Waals surface area contributed by atoms with E-state index in [1.165, 1.54) is 0 Å². The van der Waals surface area contributed by atoms with Crippen molar-refractivity contribution in [2.75, 3.05) is 0 Å². The predicted molar refractivity (Wildman–Crippen MR) is 80.3 cm³/mol. The molecule has 0 aliphatic rings. The highest BCUT2D eigenvalue weighted by atomic mass is 35.9. The molecule has 1 N–H and O–H groups in total. The average Bonchev–Trinajstić information content (AvgIpc) is 1.80. The molecule has 0 amide bonds. The first kappa shape index (κ1) is 16.3. The summed E-state index contributed by atoms with van der Waals surface area (Å²) in [5.41, 5.74) is -2.99. The number of rotatable bonds is 4. The Balaban J connectivity index is 4.53. The van der Waals surface area contributed by atoms with Gasteiger partial charge in [0.15, 0.2) is 0 Å². The molecule has 14 heavy (non-hydrogen) atoms. The Kier molecular flexibility index (Phi) is 6.14. The Morgan fingerprint density at radius 1 is 0.929 bits per heavy atom. The minimum absolute atomic E-state index is 1.15. The first-order chi connectivity index (χ1) is 5.88. The van der Waals surface area contributed by atoms with E-state index in [-0.39, 0.29) is 0 Å². The second-order valence-electron chi connectivity index (χ2n) is 4.30. The lowest BCUT2D eigenvalue weighted by Crippen LogP contribution is -2.66. The lowest BCUT2D eigenvalue weighted by molar-refractivity contribution is 1.53. The number of nitrogens with one attached hydrogen (secondary N) is 1. The van der Waals surface area contributed by atoms with E-state index in [1.807, 2.05) is 0 Å². The number of halogens is 5. The molecule has 0 rings (SSSR count). The van der Waals surface area contributed by atoms with Crippen LogP contribution in [0.5, 0.6) is 0 Å². The molecule has 0 spiro atoms. The molecular weight excluding hydrogens is 352 g/mol. The van der Waals surface area contributed by atoms with E-state index in [2.05, 4.69) is 30.8 Å². The van der Waals surface area contributed by atoms with Crippen LogP contribution < -0.4 is 4.65 Å². The fourth-order valence-electron chi connectivity index (χ4n) is 0.570. The van der Waals surface area contributed by atoms with E-state index in [0.29, 0.717) is 0 Å². The Hall–Kier alpha value is 2.28. The highest BCUT2D eigenvalue weighted by Gasteiger charge is 2.54. The van der Waals surface area contributed by atoms with Crippen LogP contribution in [0.15, 0.2) is 0 Å². The van der Waals surface area contributed by atoms with Gasteiger partial charge in [-0.3, -0.25) is 0 Å². The van der Waals surface area contributed by atoms with Crippen LogP contribution in [0.4, 0.5) is 0 Å². The SMILES string of the molecule is C[SiH](N[Si](Cl)(Cl)[Si](Cl)(Cl)Cl)[Si](C)(C)C. The summed E-state index contributed by atoms with van der Waals surface area (Å²) in [5.74, 6) is 0. The van der Waals surface area contributed by atoms with Gasteiger partial charge in [-0.1, -0.05) is 26.2 Å². The van der Waals surface area contributed by atoms with Gasteiger partial charge >= 0.3 is 11.9 Å². The molecule has 0 heterocycles. The summed E-state index contributed by atoms with van der Waals surface area (Å²) in [4.78, 5) is 0. The van der Waals surface area contributed by atoms with Gasteiger partial charge in [0.25, 0.3) is 0 Å². The Bertz CT molecular complexity index is 199. The van der Waals surface area contributed by atoms with Crippen molar-refractivity contribution in [3.05, 3.63) is 0 Å². The second kappa shape index (κ2) is 5.28. The molecule has 0 saturated heterocycles. The second-order valence-corrected chi connectivity index (χ2v) is 41.7. The predicted octanol–water partition coefficient (Wildman–Crippen LogP) is 3.50. The van der Waals surface area contributed by atoms with Gasteiger partial charge in [-0.05, 0) is 0 Å². The maximum absolute atomic E-state index is 6.13. The highest BCUT2D eigenvalue weighted by molar-refractivity contribution is 8.02. The van der Waals surface area contributed by atoms with Crippen LogP contribution in [-0.2, 0) is 0 Å². The van der Waals surface area contributed by atoms with Crippen molar-refractivity contribution in [1.29, 1.82) is 0 Å². The molecule has 0 saturated carbocycles. The first-order valence-corrected chi connectivity index (χ1v) is 21.2. The van der Waals surface area contributed by atoms with Crippen molar-refractivity contribution in [1.82, 2.24) is 4.65 Å². The molecule has 0 aliphatic carbocycles. The maximum atomic E-state index is 6.13. The molecule has 1 nitrogen and oxygen atoms in total. The molecule has 0 aliphatic heterocycles. The van der Waals surface area contributed by atoms with Gasteiger partial charge in [0.05, 0.1) is 16.1 Å². The van der Waals surface area contributed by atoms with Gasteiger partial charge in [-0.25, -0.2) is 0 Å². The molecular formula is C4H14Cl5NSi4. The van der Waals surface area contributed by atoms with E-state index < -0.39 is 28.0 Å². The molecule has 0 radical (unpaired) electrons. The average molecular weight is 366 g/mol. The van der Waals surface area contributed by atoms with Crippen LogP contribution in [0, 0.1) is 0 Å². The number of hydrogen-bond donors (Lipinski definition) is 1. The molecule has 86 valence electrons. The van der Waals surface area contributed by atoms with Crippen molar-refractivity contribution in [3.8, 4) is 0 Å². The summed E-state index contributed by atoms with van der Waals surface area (Å²) in [6.45, 7) is 9.00. The molecule has 0 fully saturated rings. The van der Waals surface area contributed by atoms with E-state index in [0.717, 1.165) is 0 Å². The van der Waals surface area contributed by atoms with Crippen molar-refractivity contribution < 1.29 is 0 Å². The summed E-state index contributed by atoms with van der Waals surface area (Å²) in [6, 6.07) is 0. The summed E-state index contributed by atoms with van der Waals surface area (Å²) < 4.78 is 3.27. The quantitative estimate of drug-likeness (QED) is 0.594. The van der Waals surface area contributed by atoms with Gasteiger partial charge in [0.2, 0.25) is 0 Å². The monoisotopic (exact) mass is 363 g/mol. The van der Waals surface area contributed by atoms with Gasteiger partial charge in [0.1, 0.15) is 0 Å². The zero-order chi connectivity index (χ0) is 11.8. The molecule has 10 heteroatoms. The van der Waals surface area contributed by atoms with Crippen LogP contribution in [0.2, 0.25) is 26.2 Å². The van der Waals surface area contributed by atoms with Crippen LogP contribution >= 0.6 is 55.4 Å². The van der Waals surface area contributed by atoms with Gasteiger partial charge in [-0.2, -0.15) is 0 Å². The zero-order valence-corrected chi connectivity index (χ0v) is 16.4.